The monoisotopic (exact) mass is 334 g/mol. The van der Waals surface area contributed by atoms with Gasteiger partial charge in [-0.25, -0.2) is 0 Å². The molecule has 0 N–H and O–H groups in total. The summed E-state index contributed by atoms with van der Waals surface area (Å²) in [6, 6.07) is -5.00. The molecular formula is C9H23ClNiO3P2. The zero-order valence-corrected chi connectivity index (χ0v) is 14.4. The summed E-state index contributed by atoms with van der Waals surface area (Å²) in [6.07, 6.45) is 0. The van der Waals surface area contributed by atoms with E-state index in [-0.39, 0.29) is 0 Å². The molecule has 0 aliphatic carbocycles. The molecule has 0 amide bonds. The summed E-state index contributed by atoms with van der Waals surface area (Å²) in [6.45, 7) is 11.0. The van der Waals surface area contributed by atoms with E-state index < -0.39 is 20.6 Å². The first-order valence-electron chi connectivity index (χ1n) is 4.69. The Hall–Kier alpha value is 0.654. The second-order valence-corrected chi connectivity index (χ2v) is 39.7. The van der Waals surface area contributed by atoms with E-state index in [1.807, 2.05) is 40.0 Å². The Kier molecular flexibility index (Phi) is 3.72. The number of halogens is 1. The molecule has 0 aliphatic heterocycles. The second-order valence-electron chi connectivity index (χ2n) is 5.44. The minimum absolute atomic E-state index is 0.535. The Bertz CT molecular complexity index is 323. The van der Waals surface area contributed by atoms with Crippen LogP contribution < -0.4 is 0 Å². The van der Waals surface area contributed by atoms with Crippen LogP contribution in [0.4, 0.5) is 0 Å². The fraction of sp³-hybridized carbons (Fsp3) is 0.667. The third-order valence-corrected chi connectivity index (χ3v) is 56.1. The summed E-state index contributed by atoms with van der Waals surface area (Å²) in [7, 11) is 2.21. The van der Waals surface area contributed by atoms with Gasteiger partial charge in [-0.2, -0.15) is 0 Å². The summed E-state index contributed by atoms with van der Waals surface area (Å²) in [4.78, 5) is 35.3. The summed E-state index contributed by atoms with van der Waals surface area (Å²) < 4.78 is 0. The van der Waals surface area contributed by atoms with E-state index in [0.717, 1.165) is 0 Å². The molecule has 0 aromatic carbocycles. The van der Waals surface area contributed by atoms with Crippen LogP contribution in [0.1, 0.15) is 0 Å². The van der Waals surface area contributed by atoms with Crippen molar-refractivity contribution in [1.29, 1.82) is 0 Å². The van der Waals surface area contributed by atoms with Crippen molar-refractivity contribution in [3.63, 3.8) is 0 Å². The van der Waals surface area contributed by atoms with Gasteiger partial charge in [0.1, 0.15) is 0 Å². The molecule has 0 unspecified atom stereocenters. The van der Waals surface area contributed by atoms with Gasteiger partial charge in [0.05, 0.1) is 0 Å². The van der Waals surface area contributed by atoms with E-state index in [2.05, 4.69) is 0 Å². The fourth-order valence-electron chi connectivity index (χ4n) is 1.44. The molecule has 0 radical (unpaired) electrons. The third-order valence-electron chi connectivity index (χ3n) is 3.04. The van der Waals surface area contributed by atoms with Crippen molar-refractivity contribution in [1.82, 2.24) is 0 Å². The van der Waals surface area contributed by atoms with Gasteiger partial charge in [-0.05, 0) is 0 Å². The first kappa shape index (κ1) is 16.7. The predicted octanol–water partition coefficient (Wildman–Crippen LogP) is 2.04. The number of hydrogen-bond donors (Lipinski definition) is 0. The van der Waals surface area contributed by atoms with Crippen LogP contribution in [0, 0.1) is 0 Å². The molecule has 0 saturated carbocycles. The molecular weight excluding hydrogens is 312 g/mol. The second kappa shape index (κ2) is 3.58. The van der Waals surface area contributed by atoms with Crippen molar-refractivity contribution in [2.75, 3.05) is 40.0 Å². The Morgan fingerprint density at radius 2 is 0.938 bits per heavy atom. The van der Waals surface area contributed by atoms with Crippen LogP contribution in [0.25, 0.3) is 0 Å². The topological polar surface area (TPSA) is 51.2 Å². The maximum atomic E-state index is 11.8. The Morgan fingerprint density at radius 3 is 0.938 bits per heavy atom. The van der Waals surface area contributed by atoms with Gasteiger partial charge in [0.15, 0.2) is 0 Å². The van der Waals surface area contributed by atoms with Crippen molar-refractivity contribution >= 4 is 38.0 Å². The van der Waals surface area contributed by atoms with E-state index in [1.165, 1.54) is 0 Å². The standard InChI is InChI=1S/2C3H9P.3CHO.ClH.Ni/c2*1-4(2)3;3*1-2;;/h2*1-3H3;3*1H;1H;/q;;;;;;-1/p+1. The van der Waals surface area contributed by atoms with Gasteiger partial charge in [-0.3, -0.25) is 0 Å². The van der Waals surface area contributed by atoms with E-state index in [0.29, 0.717) is 15.8 Å². The van der Waals surface area contributed by atoms with E-state index in [1.54, 1.807) is 0 Å². The molecule has 0 fully saturated rings. The van der Waals surface area contributed by atoms with E-state index in [9.17, 15) is 14.4 Å². The summed E-state index contributed by atoms with van der Waals surface area (Å²) in [5.41, 5.74) is 0. The van der Waals surface area contributed by atoms with Gasteiger partial charge in [0, 0.05) is 0 Å². The van der Waals surface area contributed by atoms with Gasteiger partial charge >= 0.3 is 101 Å². The quantitative estimate of drug-likeness (QED) is 0.439. The molecule has 3 nitrogen and oxygen atoms in total. The molecule has 7 heteroatoms. The van der Waals surface area contributed by atoms with Crippen LogP contribution in [-0.2, 0) is 23.0 Å². The predicted molar refractivity (Wildman–Crippen MR) is 78.3 cm³/mol. The first-order valence-corrected chi connectivity index (χ1v) is 17.4. The SMILES string of the molecule is C[PH](C)(C)[Ni]([Cl])([CH]=O)([CH]=O)([CH]=O)[PH](C)(C)C. The van der Waals surface area contributed by atoms with Gasteiger partial charge < -0.3 is 0 Å². The van der Waals surface area contributed by atoms with Crippen molar-refractivity contribution in [3.8, 4) is 0 Å². The number of hydrogen-bond acceptors (Lipinski definition) is 3. The summed E-state index contributed by atoms with van der Waals surface area (Å²) >= 11 is 0. The number of carbonyl (C=O) groups excluding carboxylic acids is 3. The third kappa shape index (κ3) is 1.31. The summed E-state index contributed by atoms with van der Waals surface area (Å²) in [5.74, 6) is 0. The van der Waals surface area contributed by atoms with Gasteiger partial charge in [-0.1, -0.05) is 0 Å². The molecule has 0 aromatic rings. The van der Waals surface area contributed by atoms with E-state index in [4.69, 9.17) is 10.2 Å². The molecule has 0 aromatic heterocycles. The molecule has 0 atom stereocenters. The van der Waals surface area contributed by atoms with Crippen molar-refractivity contribution < 1.29 is 23.0 Å². The molecule has 16 heavy (non-hydrogen) atoms. The van der Waals surface area contributed by atoms with Gasteiger partial charge in [0.25, 0.3) is 0 Å². The van der Waals surface area contributed by atoms with Crippen LogP contribution >= 0.6 is 22.3 Å². The summed E-state index contributed by atoms with van der Waals surface area (Å²) in [5, 5.41) is 1.60. The first-order chi connectivity index (χ1) is 6.80. The average molecular weight is 335 g/mol. The number of rotatable bonds is 5. The van der Waals surface area contributed by atoms with Crippen LogP contribution in [0.5, 0.6) is 0 Å². The molecule has 0 heterocycles. The fourth-order valence-corrected chi connectivity index (χ4v) is 34.9. The molecule has 0 aliphatic rings. The Balaban J connectivity index is 6.92. The molecule has 0 spiro atoms. The molecule has 0 saturated heterocycles. The van der Waals surface area contributed by atoms with Crippen molar-refractivity contribution in [2.24, 2.45) is 0 Å². The zero-order valence-electron chi connectivity index (χ0n) is 10.7. The number of carbonyl (C=O) groups is 3. The van der Waals surface area contributed by atoms with Gasteiger partial charge in [0.2, 0.25) is 0 Å². The Morgan fingerprint density at radius 1 is 0.750 bits per heavy atom. The average Bonchev–Trinajstić information content (AvgIpc) is 2.14. The van der Waals surface area contributed by atoms with Crippen molar-refractivity contribution in [2.45, 2.75) is 0 Å². The Labute approximate surface area is 101 Å². The molecule has 0 bridgehead atoms. The minimum atomic E-state index is -4.50. The van der Waals surface area contributed by atoms with Gasteiger partial charge in [-0.15, -0.1) is 0 Å². The van der Waals surface area contributed by atoms with Crippen LogP contribution in [0.15, 0.2) is 0 Å². The van der Waals surface area contributed by atoms with Crippen molar-refractivity contribution in [3.05, 3.63) is 0 Å². The normalized spacial score (nSPS) is 20.2. The van der Waals surface area contributed by atoms with Crippen LogP contribution in [0.3, 0.4) is 0 Å². The van der Waals surface area contributed by atoms with Crippen LogP contribution in [-0.4, -0.2) is 55.8 Å². The molecule has 104 valence electrons. The zero-order chi connectivity index (χ0) is 13.5. The maximum absolute atomic E-state index is 11.8. The molecule has 0 rings (SSSR count). The van der Waals surface area contributed by atoms with Crippen LogP contribution in [0.2, 0.25) is 0 Å². The van der Waals surface area contributed by atoms with E-state index >= 15 is 0 Å².